The van der Waals surface area contributed by atoms with Gasteiger partial charge in [0.25, 0.3) is 0 Å². The minimum Gasteiger partial charge on any atom is -0.353 e. The van der Waals surface area contributed by atoms with E-state index in [0.29, 0.717) is 12.4 Å². The molecular formula is C17H22FN5O. The number of hydrogen-bond acceptors (Lipinski definition) is 4. The zero-order valence-corrected chi connectivity index (χ0v) is 13.9. The molecule has 7 heteroatoms. The predicted molar refractivity (Wildman–Crippen MR) is 88.6 cm³/mol. The number of likely N-dealkylation sites (tertiary alicyclic amines) is 1. The van der Waals surface area contributed by atoms with Crippen LogP contribution in [0.25, 0.3) is 11.4 Å². The molecule has 1 amide bonds. The van der Waals surface area contributed by atoms with E-state index in [-0.39, 0.29) is 23.8 Å². The van der Waals surface area contributed by atoms with Crippen LogP contribution in [0.5, 0.6) is 0 Å². The Morgan fingerprint density at radius 2 is 2.17 bits per heavy atom. The van der Waals surface area contributed by atoms with Crippen molar-refractivity contribution in [3.8, 4) is 11.4 Å². The third-order valence-electron chi connectivity index (χ3n) is 4.08. The monoisotopic (exact) mass is 331 g/mol. The van der Waals surface area contributed by atoms with Crippen molar-refractivity contribution < 1.29 is 9.18 Å². The summed E-state index contributed by atoms with van der Waals surface area (Å²) in [5.41, 5.74) is 0.765. The van der Waals surface area contributed by atoms with Crippen LogP contribution < -0.4 is 5.32 Å². The Bertz CT molecular complexity index is 697. The first kappa shape index (κ1) is 16.6. The number of aromatic amines is 1. The van der Waals surface area contributed by atoms with E-state index in [1.807, 2.05) is 13.8 Å². The summed E-state index contributed by atoms with van der Waals surface area (Å²) in [6.45, 7) is 5.12. The van der Waals surface area contributed by atoms with Gasteiger partial charge in [-0.15, -0.1) is 0 Å². The van der Waals surface area contributed by atoms with E-state index < -0.39 is 0 Å². The number of H-pyrrole nitrogens is 1. The van der Waals surface area contributed by atoms with Gasteiger partial charge in [0.05, 0.1) is 12.6 Å². The number of nitrogens with one attached hydrogen (secondary N) is 2. The molecule has 0 saturated carbocycles. The van der Waals surface area contributed by atoms with Crippen molar-refractivity contribution in [2.24, 2.45) is 0 Å². The van der Waals surface area contributed by atoms with Crippen molar-refractivity contribution >= 4 is 5.91 Å². The van der Waals surface area contributed by atoms with Crippen LogP contribution in [0.3, 0.4) is 0 Å². The number of nitrogens with zero attached hydrogens (tertiary/aromatic N) is 3. The van der Waals surface area contributed by atoms with Gasteiger partial charge in [-0.2, -0.15) is 5.10 Å². The van der Waals surface area contributed by atoms with Crippen LogP contribution in [0, 0.1) is 5.82 Å². The van der Waals surface area contributed by atoms with Crippen molar-refractivity contribution in [1.29, 1.82) is 0 Å². The van der Waals surface area contributed by atoms with Gasteiger partial charge < -0.3 is 5.32 Å². The summed E-state index contributed by atoms with van der Waals surface area (Å²) in [5.74, 6) is 1.04. The smallest absolute Gasteiger partial charge is 0.234 e. The Balaban J connectivity index is 1.71. The first-order valence-corrected chi connectivity index (χ1v) is 8.24. The number of halogens is 1. The summed E-state index contributed by atoms with van der Waals surface area (Å²) in [5, 5.41) is 10.1. The molecule has 0 radical (unpaired) electrons. The first-order valence-electron chi connectivity index (χ1n) is 8.24. The average molecular weight is 331 g/mol. The fraction of sp³-hybridized carbons (Fsp3) is 0.471. The molecule has 1 saturated heterocycles. The van der Waals surface area contributed by atoms with Gasteiger partial charge in [0.2, 0.25) is 5.91 Å². The molecule has 1 aliphatic heterocycles. The largest absolute Gasteiger partial charge is 0.353 e. The highest BCUT2D eigenvalue weighted by Crippen LogP contribution is 2.30. The second-order valence-corrected chi connectivity index (χ2v) is 6.40. The van der Waals surface area contributed by atoms with Crippen LogP contribution in [-0.4, -0.2) is 45.1 Å². The number of carbonyl (C=O) groups is 1. The molecular weight excluding hydrogens is 309 g/mol. The summed E-state index contributed by atoms with van der Waals surface area (Å²) in [6.07, 6.45) is 1.96. The fourth-order valence-electron chi connectivity index (χ4n) is 3.03. The molecule has 1 aliphatic rings. The van der Waals surface area contributed by atoms with Gasteiger partial charge in [0.1, 0.15) is 11.6 Å². The molecule has 2 heterocycles. The summed E-state index contributed by atoms with van der Waals surface area (Å²) in [4.78, 5) is 18.7. The fourth-order valence-corrected chi connectivity index (χ4v) is 3.03. The third-order valence-corrected chi connectivity index (χ3v) is 4.08. The second kappa shape index (κ2) is 7.09. The maximum atomic E-state index is 13.0. The number of amides is 1. The van der Waals surface area contributed by atoms with Crippen LogP contribution >= 0.6 is 0 Å². The van der Waals surface area contributed by atoms with E-state index in [0.717, 1.165) is 30.8 Å². The Hall–Kier alpha value is -2.28. The highest BCUT2D eigenvalue weighted by molar-refractivity contribution is 5.78. The second-order valence-electron chi connectivity index (χ2n) is 6.40. The maximum Gasteiger partial charge on any atom is 0.234 e. The number of carbonyl (C=O) groups excluding carboxylic acids is 1. The molecule has 1 aromatic heterocycles. The topological polar surface area (TPSA) is 73.9 Å². The molecule has 2 aromatic rings. The Labute approximate surface area is 140 Å². The van der Waals surface area contributed by atoms with Gasteiger partial charge in [-0.25, -0.2) is 9.37 Å². The summed E-state index contributed by atoms with van der Waals surface area (Å²) in [6, 6.07) is 6.29. The molecule has 3 rings (SSSR count). The molecule has 1 unspecified atom stereocenters. The molecule has 128 valence electrons. The number of rotatable bonds is 5. The lowest BCUT2D eigenvalue weighted by molar-refractivity contribution is -0.123. The van der Waals surface area contributed by atoms with Crippen molar-refractivity contribution in [1.82, 2.24) is 25.4 Å². The van der Waals surface area contributed by atoms with Gasteiger partial charge >= 0.3 is 0 Å². The minimum absolute atomic E-state index is 0.0233. The van der Waals surface area contributed by atoms with Crippen molar-refractivity contribution in [2.45, 2.75) is 38.8 Å². The Morgan fingerprint density at radius 3 is 2.88 bits per heavy atom. The summed E-state index contributed by atoms with van der Waals surface area (Å²) in [7, 11) is 0. The van der Waals surface area contributed by atoms with E-state index >= 15 is 0 Å². The molecule has 0 aliphatic carbocycles. The average Bonchev–Trinajstić information content (AvgIpc) is 3.16. The van der Waals surface area contributed by atoms with Crippen LogP contribution in [0.2, 0.25) is 0 Å². The predicted octanol–water partition coefficient (Wildman–Crippen LogP) is 2.27. The number of aromatic nitrogens is 3. The zero-order chi connectivity index (χ0) is 17.1. The standard InChI is InChI=1S/C17H22FN5O/c1-11(2)19-15(24)10-23-9-3-4-14(23)17-20-16(21-22-17)12-5-7-13(18)8-6-12/h5-8,11,14H,3-4,9-10H2,1-2H3,(H,19,24)(H,20,21,22). The molecule has 1 fully saturated rings. The van der Waals surface area contributed by atoms with Crippen LogP contribution in [0.15, 0.2) is 24.3 Å². The first-order chi connectivity index (χ1) is 11.5. The molecule has 2 N–H and O–H groups in total. The van der Waals surface area contributed by atoms with Crippen LogP contribution in [-0.2, 0) is 4.79 Å². The zero-order valence-electron chi connectivity index (χ0n) is 13.9. The van der Waals surface area contributed by atoms with Gasteiger partial charge in [-0.3, -0.25) is 14.8 Å². The molecule has 1 atom stereocenters. The molecule has 0 spiro atoms. The minimum atomic E-state index is -0.285. The van der Waals surface area contributed by atoms with Gasteiger partial charge in [0.15, 0.2) is 5.82 Å². The summed E-state index contributed by atoms with van der Waals surface area (Å²) >= 11 is 0. The Morgan fingerprint density at radius 1 is 1.42 bits per heavy atom. The van der Waals surface area contributed by atoms with Crippen LogP contribution in [0.1, 0.15) is 38.6 Å². The van der Waals surface area contributed by atoms with Crippen molar-refractivity contribution in [3.05, 3.63) is 35.9 Å². The van der Waals surface area contributed by atoms with E-state index in [9.17, 15) is 9.18 Å². The maximum absolute atomic E-state index is 13.0. The number of hydrogen-bond donors (Lipinski definition) is 2. The van der Waals surface area contributed by atoms with E-state index in [4.69, 9.17) is 0 Å². The van der Waals surface area contributed by atoms with Gasteiger partial charge in [-0.05, 0) is 57.5 Å². The highest BCUT2D eigenvalue weighted by Gasteiger charge is 2.30. The Kier molecular flexibility index (Phi) is 4.89. The lowest BCUT2D eigenvalue weighted by Gasteiger charge is -2.22. The molecule has 6 nitrogen and oxygen atoms in total. The molecule has 1 aromatic carbocycles. The SMILES string of the molecule is CC(C)NC(=O)CN1CCCC1c1nc(-c2ccc(F)cc2)n[nH]1. The molecule has 24 heavy (non-hydrogen) atoms. The van der Waals surface area contributed by atoms with E-state index in [2.05, 4.69) is 25.4 Å². The van der Waals surface area contributed by atoms with Crippen LogP contribution in [0.4, 0.5) is 4.39 Å². The normalized spacial score (nSPS) is 18.2. The van der Waals surface area contributed by atoms with Gasteiger partial charge in [-0.1, -0.05) is 0 Å². The quantitative estimate of drug-likeness (QED) is 0.881. The lowest BCUT2D eigenvalue weighted by Crippen LogP contribution is -2.40. The third kappa shape index (κ3) is 3.79. The van der Waals surface area contributed by atoms with Gasteiger partial charge in [0, 0.05) is 11.6 Å². The van der Waals surface area contributed by atoms with E-state index in [1.54, 1.807) is 12.1 Å². The highest BCUT2D eigenvalue weighted by atomic mass is 19.1. The lowest BCUT2D eigenvalue weighted by atomic mass is 10.2. The van der Waals surface area contributed by atoms with E-state index in [1.165, 1.54) is 12.1 Å². The van der Waals surface area contributed by atoms with Crippen molar-refractivity contribution in [3.63, 3.8) is 0 Å². The van der Waals surface area contributed by atoms with Crippen molar-refractivity contribution in [2.75, 3.05) is 13.1 Å². The molecule has 0 bridgehead atoms. The summed E-state index contributed by atoms with van der Waals surface area (Å²) < 4.78 is 13.0. The number of benzene rings is 1.